The molecule has 6 rings (SSSR count). The number of fused-ring (bicyclic) bond motifs is 2. The minimum atomic E-state index is -0.297. The monoisotopic (exact) mass is 536 g/mol. The summed E-state index contributed by atoms with van der Waals surface area (Å²) >= 11 is 0. The molecule has 0 aromatic heterocycles. The Morgan fingerprint density at radius 3 is 2.12 bits per heavy atom. The van der Waals surface area contributed by atoms with E-state index in [-0.39, 0.29) is 22.8 Å². The van der Waals surface area contributed by atoms with E-state index >= 15 is 0 Å². The zero-order valence-corrected chi connectivity index (χ0v) is 23.4. The molecule has 3 heteroatoms. The molecule has 0 radical (unpaired) electrons. The van der Waals surface area contributed by atoms with Crippen LogP contribution in [0, 0.1) is 0 Å². The number of rotatable bonds is 4. The Hall–Kier alpha value is -5.02. The minimum Gasteiger partial charge on any atom is -0.507 e. The third-order valence-electron chi connectivity index (χ3n) is 8.12. The van der Waals surface area contributed by atoms with Crippen molar-refractivity contribution in [1.82, 2.24) is 0 Å². The summed E-state index contributed by atoms with van der Waals surface area (Å²) in [6.07, 6.45) is 4.35. The summed E-state index contributed by atoms with van der Waals surface area (Å²) < 4.78 is 0. The lowest BCUT2D eigenvalue weighted by Crippen LogP contribution is -2.29. The molecular formula is C38H32O3. The van der Waals surface area contributed by atoms with Gasteiger partial charge in [-0.25, -0.2) is 0 Å². The Morgan fingerprint density at radius 1 is 0.707 bits per heavy atom. The number of phenolic OH excluding ortho intramolecular Hbond substituents is 3. The number of allylic oxidation sites excluding steroid dienone is 4. The van der Waals surface area contributed by atoms with Gasteiger partial charge in [-0.2, -0.15) is 0 Å². The van der Waals surface area contributed by atoms with Crippen molar-refractivity contribution in [2.75, 3.05) is 0 Å². The zero-order chi connectivity index (χ0) is 28.7. The van der Waals surface area contributed by atoms with E-state index in [2.05, 4.69) is 54.6 Å². The first-order valence-corrected chi connectivity index (χ1v) is 13.9. The van der Waals surface area contributed by atoms with Gasteiger partial charge in [0.1, 0.15) is 5.75 Å². The van der Waals surface area contributed by atoms with Crippen LogP contribution in [0.5, 0.6) is 17.2 Å². The summed E-state index contributed by atoms with van der Waals surface area (Å²) in [5, 5.41) is 38.3. The van der Waals surface area contributed by atoms with Gasteiger partial charge in [-0.3, -0.25) is 0 Å². The molecule has 0 fully saturated rings. The number of aromatic hydroxyl groups is 3. The number of benzene rings is 5. The molecule has 0 aliphatic heterocycles. The summed E-state index contributed by atoms with van der Waals surface area (Å²) in [4.78, 5) is 0. The topological polar surface area (TPSA) is 60.7 Å². The molecule has 3 N–H and O–H groups in total. The second-order valence-corrected chi connectivity index (χ2v) is 10.6. The lowest BCUT2D eigenvalue weighted by Gasteiger charge is -2.17. The highest BCUT2D eigenvalue weighted by atomic mass is 16.3. The highest BCUT2D eigenvalue weighted by molar-refractivity contribution is 5.98. The molecule has 202 valence electrons. The average Bonchev–Trinajstić information content (AvgIpc) is 3.33. The van der Waals surface area contributed by atoms with E-state index < -0.39 is 0 Å². The van der Waals surface area contributed by atoms with Crippen molar-refractivity contribution in [3.05, 3.63) is 153 Å². The standard InChI is InChI=1S/C38H32O3/c1-4-13-27-23(2)22-32-35(27)37(40)33(38(41)36(32)39)24(3)28-18-10-11-20-30(28)34(26-15-6-5-7-16-26)31-21-12-17-25-14-8-9-19-29(25)31/h4-21,39-41H,22H2,1-3H3/b13-4-,28-24+,34-30+. The Balaban J connectivity index is 1.78. The van der Waals surface area contributed by atoms with Crippen molar-refractivity contribution in [3.8, 4) is 17.2 Å². The molecule has 0 amide bonds. The van der Waals surface area contributed by atoms with Crippen LogP contribution in [0.25, 0.3) is 27.5 Å². The molecule has 1 aliphatic carbocycles. The summed E-state index contributed by atoms with van der Waals surface area (Å²) in [5.74, 6) is -0.488. The van der Waals surface area contributed by atoms with Crippen molar-refractivity contribution in [2.45, 2.75) is 27.2 Å². The predicted molar refractivity (Wildman–Crippen MR) is 168 cm³/mol. The van der Waals surface area contributed by atoms with Gasteiger partial charge in [0.05, 0.1) is 5.56 Å². The Kier molecular flexibility index (Phi) is 6.72. The lowest BCUT2D eigenvalue weighted by atomic mass is 9.89. The van der Waals surface area contributed by atoms with Crippen LogP contribution >= 0.6 is 0 Å². The van der Waals surface area contributed by atoms with Gasteiger partial charge in [0.25, 0.3) is 0 Å². The largest absolute Gasteiger partial charge is 0.507 e. The van der Waals surface area contributed by atoms with Gasteiger partial charge in [0.15, 0.2) is 11.5 Å². The number of hydrogen-bond acceptors (Lipinski definition) is 3. The van der Waals surface area contributed by atoms with Gasteiger partial charge in [-0.15, -0.1) is 0 Å². The van der Waals surface area contributed by atoms with Crippen molar-refractivity contribution in [2.24, 2.45) is 0 Å². The van der Waals surface area contributed by atoms with Crippen LogP contribution in [0.3, 0.4) is 0 Å². The lowest BCUT2D eigenvalue weighted by molar-refractivity contribution is 0.391. The highest BCUT2D eigenvalue weighted by Crippen LogP contribution is 2.51. The van der Waals surface area contributed by atoms with E-state index in [1.165, 1.54) is 0 Å². The van der Waals surface area contributed by atoms with Gasteiger partial charge in [0, 0.05) is 11.1 Å². The zero-order valence-electron chi connectivity index (χ0n) is 23.4. The normalized spacial score (nSPS) is 14.5. The summed E-state index contributed by atoms with van der Waals surface area (Å²) in [5.41, 5.74) is 7.18. The van der Waals surface area contributed by atoms with E-state index in [0.717, 1.165) is 49.1 Å². The molecule has 0 saturated carbocycles. The van der Waals surface area contributed by atoms with Gasteiger partial charge in [0.2, 0.25) is 0 Å². The average molecular weight is 537 g/mol. The maximum Gasteiger partial charge on any atom is 0.169 e. The first-order valence-electron chi connectivity index (χ1n) is 13.9. The van der Waals surface area contributed by atoms with Crippen LogP contribution in [0.4, 0.5) is 0 Å². The Labute approximate surface area is 240 Å². The smallest absolute Gasteiger partial charge is 0.169 e. The molecule has 3 nitrogen and oxygen atoms in total. The predicted octanol–water partition coefficient (Wildman–Crippen LogP) is 7.33. The SMILES string of the molecule is C/C=C\C1=C(C)Cc2c(O)c(O)c(/C(C)=c3\cccc\c3=C(\c3ccccc3)c3cccc4ccccc34)c(O)c21. The summed E-state index contributed by atoms with van der Waals surface area (Å²) in [7, 11) is 0. The molecule has 0 heterocycles. The number of phenols is 3. The second-order valence-electron chi connectivity index (χ2n) is 10.6. The van der Waals surface area contributed by atoms with Crippen LogP contribution in [0.1, 0.15) is 48.6 Å². The quantitative estimate of drug-likeness (QED) is 0.167. The van der Waals surface area contributed by atoms with Crippen LogP contribution in [-0.4, -0.2) is 15.3 Å². The van der Waals surface area contributed by atoms with Crippen molar-refractivity contribution in [1.29, 1.82) is 0 Å². The highest BCUT2D eigenvalue weighted by Gasteiger charge is 2.30. The van der Waals surface area contributed by atoms with Crippen molar-refractivity contribution in [3.63, 3.8) is 0 Å². The van der Waals surface area contributed by atoms with Crippen LogP contribution in [0.2, 0.25) is 0 Å². The number of hydrogen-bond donors (Lipinski definition) is 3. The van der Waals surface area contributed by atoms with Crippen molar-refractivity contribution >= 4 is 27.5 Å². The maximum atomic E-state index is 11.7. The van der Waals surface area contributed by atoms with Crippen molar-refractivity contribution < 1.29 is 15.3 Å². The molecule has 0 unspecified atom stereocenters. The van der Waals surface area contributed by atoms with E-state index in [0.29, 0.717) is 23.1 Å². The molecule has 0 atom stereocenters. The summed E-state index contributed by atoms with van der Waals surface area (Å²) in [6.45, 7) is 5.81. The molecule has 0 spiro atoms. The fraction of sp³-hybridized carbons (Fsp3) is 0.105. The van der Waals surface area contributed by atoms with E-state index in [4.69, 9.17) is 0 Å². The summed E-state index contributed by atoms with van der Waals surface area (Å²) in [6, 6.07) is 33.1. The maximum absolute atomic E-state index is 11.7. The molecule has 5 aromatic carbocycles. The molecular weight excluding hydrogens is 504 g/mol. The third-order valence-corrected chi connectivity index (χ3v) is 8.12. The van der Waals surface area contributed by atoms with Crippen LogP contribution in [-0.2, 0) is 6.42 Å². The minimum absolute atomic E-state index is 0.0148. The van der Waals surface area contributed by atoms with E-state index in [1.807, 2.05) is 75.4 Å². The molecule has 0 saturated heterocycles. The van der Waals surface area contributed by atoms with Gasteiger partial charge in [-0.05, 0) is 76.2 Å². The first-order chi connectivity index (χ1) is 19.9. The van der Waals surface area contributed by atoms with E-state index in [1.54, 1.807) is 0 Å². The fourth-order valence-corrected chi connectivity index (χ4v) is 6.21. The fourth-order valence-electron chi connectivity index (χ4n) is 6.21. The first kappa shape index (κ1) is 26.2. The second kappa shape index (κ2) is 10.5. The Morgan fingerprint density at radius 2 is 1.37 bits per heavy atom. The molecule has 0 bridgehead atoms. The Bertz CT molecular complexity index is 2010. The van der Waals surface area contributed by atoms with Crippen LogP contribution in [0.15, 0.2) is 115 Å². The van der Waals surface area contributed by atoms with Gasteiger partial charge >= 0.3 is 0 Å². The van der Waals surface area contributed by atoms with Crippen LogP contribution < -0.4 is 10.4 Å². The molecule has 41 heavy (non-hydrogen) atoms. The van der Waals surface area contributed by atoms with Gasteiger partial charge < -0.3 is 15.3 Å². The van der Waals surface area contributed by atoms with Gasteiger partial charge in [-0.1, -0.05) is 115 Å². The molecule has 1 aliphatic rings. The molecule has 5 aromatic rings. The third kappa shape index (κ3) is 4.31. The van der Waals surface area contributed by atoms with E-state index in [9.17, 15) is 15.3 Å².